The third-order valence-corrected chi connectivity index (χ3v) is 5.36. The number of nitrogens with zero attached hydrogens (tertiary/aromatic N) is 3. The Kier molecular flexibility index (Phi) is 7.34. The van der Waals surface area contributed by atoms with Crippen LogP contribution in [0.25, 0.3) is 0 Å². The number of benzene rings is 1. The second-order valence-electron chi connectivity index (χ2n) is 8.01. The molecule has 1 aromatic carbocycles. The van der Waals surface area contributed by atoms with Gasteiger partial charge in [0.1, 0.15) is 17.3 Å². The smallest absolute Gasteiger partial charge is 0.307 e. The van der Waals surface area contributed by atoms with Crippen molar-refractivity contribution in [2.75, 3.05) is 19.0 Å². The predicted molar refractivity (Wildman–Crippen MR) is 125 cm³/mol. The number of aliphatic carboxylic acids is 1. The number of rotatable bonds is 10. The van der Waals surface area contributed by atoms with E-state index in [1.807, 2.05) is 35.2 Å². The monoisotopic (exact) mass is 462 g/mol. The largest absolute Gasteiger partial charge is 0.481 e. The molecule has 2 N–H and O–H groups in total. The summed E-state index contributed by atoms with van der Waals surface area (Å²) in [5.74, 6) is 1.04. The number of ether oxygens (including phenoxy) is 2. The van der Waals surface area contributed by atoms with Gasteiger partial charge in [-0.3, -0.25) is 14.6 Å². The topological polar surface area (TPSA) is 114 Å². The van der Waals surface area contributed by atoms with Crippen molar-refractivity contribution in [2.45, 2.75) is 32.4 Å². The predicted octanol–water partition coefficient (Wildman–Crippen LogP) is 3.91. The van der Waals surface area contributed by atoms with Crippen molar-refractivity contribution in [2.24, 2.45) is 0 Å². The number of hydrogen-bond acceptors (Lipinski definition) is 7. The Labute approximate surface area is 197 Å². The van der Waals surface area contributed by atoms with Crippen molar-refractivity contribution in [3.63, 3.8) is 0 Å². The quantitative estimate of drug-likeness (QED) is 0.466. The zero-order valence-corrected chi connectivity index (χ0v) is 18.9. The summed E-state index contributed by atoms with van der Waals surface area (Å²) in [5, 5.41) is 12.1. The standard InChI is InChI=1S/C25H26N4O5/c1-33-16-20-5-7-21(14-26-20)34-22-8-6-19(12-18(22)15-29-10-2-3-24(29)30)28-23-9-4-17(13-27-23)11-25(31)32/h4-9,12-14H,2-3,10-11,15-16H2,1H3,(H,27,28)(H,31,32). The molecule has 0 radical (unpaired) electrons. The fraction of sp³-hybridized carbons (Fsp3) is 0.280. The Morgan fingerprint density at radius 3 is 2.68 bits per heavy atom. The average Bonchev–Trinajstić information content (AvgIpc) is 3.22. The van der Waals surface area contributed by atoms with Crippen LogP contribution in [0.15, 0.2) is 54.9 Å². The van der Waals surface area contributed by atoms with Crippen LogP contribution in [0.2, 0.25) is 0 Å². The first-order valence-corrected chi connectivity index (χ1v) is 11.0. The molecule has 1 aliphatic rings. The lowest BCUT2D eigenvalue weighted by atomic mass is 10.1. The van der Waals surface area contributed by atoms with Gasteiger partial charge in [-0.15, -0.1) is 0 Å². The number of carbonyl (C=O) groups excluding carboxylic acids is 1. The molecule has 0 atom stereocenters. The molecule has 1 fully saturated rings. The molecule has 3 heterocycles. The number of methoxy groups -OCH3 is 1. The lowest BCUT2D eigenvalue weighted by Crippen LogP contribution is -2.24. The number of aromatic nitrogens is 2. The summed E-state index contributed by atoms with van der Waals surface area (Å²) in [7, 11) is 1.62. The van der Waals surface area contributed by atoms with E-state index in [0.29, 0.717) is 42.5 Å². The first kappa shape index (κ1) is 23.2. The van der Waals surface area contributed by atoms with Crippen LogP contribution >= 0.6 is 0 Å². The lowest BCUT2D eigenvalue weighted by molar-refractivity contribution is -0.136. The maximum absolute atomic E-state index is 12.2. The highest BCUT2D eigenvalue weighted by Crippen LogP contribution is 2.31. The third kappa shape index (κ3) is 6.08. The van der Waals surface area contributed by atoms with Gasteiger partial charge in [0.25, 0.3) is 0 Å². The van der Waals surface area contributed by atoms with Gasteiger partial charge >= 0.3 is 5.97 Å². The highest BCUT2D eigenvalue weighted by molar-refractivity contribution is 5.78. The van der Waals surface area contributed by atoms with Gasteiger partial charge in [0.2, 0.25) is 5.91 Å². The van der Waals surface area contributed by atoms with E-state index in [4.69, 9.17) is 14.6 Å². The molecule has 9 nitrogen and oxygen atoms in total. The number of carboxylic acids is 1. The lowest BCUT2D eigenvalue weighted by Gasteiger charge is -2.19. The maximum atomic E-state index is 12.2. The highest BCUT2D eigenvalue weighted by atomic mass is 16.5. The minimum absolute atomic E-state index is 0.0748. The molecule has 34 heavy (non-hydrogen) atoms. The molecule has 1 saturated heterocycles. The second-order valence-corrected chi connectivity index (χ2v) is 8.01. The number of likely N-dealkylation sites (tertiary alicyclic amines) is 1. The Hall–Kier alpha value is -3.98. The number of nitrogens with one attached hydrogen (secondary N) is 1. The molecule has 1 amide bonds. The van der Waals surface area contributed by atoms with Crippen molar-refractivity contribution in [1.82, 2.24) is 14.9 Å². The molecular formula is C25H26N4O5. The van der Waals surface area contributed by atoms with Gasteiger partial charge in [-0.1, -0.05) is 6.07 Å². The Bertz CT molecular complexity index is 1150. The molecule has 0 bridgehead atoms. The van der Waals surface area contributed by atoms with E-state index < -0.39 is 5.97 Å². The van der Waals surface area contributed by atoms with E-state index in [1.54, 1.807) is 25.4 Å². The first-order valence-electron chi connectivity index (χ1n) is 11.0. The van der Waals surface area contributed by atoms with Gasteiger partial charge in [0.05, 0.1) is 24.9 Å². The van der Waals surface area contributed by atoms with Crippen molar-refractivity contribution in [3.05, 3.63) is 71.7 Å². The summed E-state index contributed by atoms with van der Waals surface area (Å²) in [4.78, 5) is 33.5. The summed E-state index contributed by atoms with van der Waals surface area (Å²) in [5.41, 5.74) is 3.06. The average molecular weight is 463 g/mol. The van der Waals surface area contributed by atoms with E-state index in [1.165, 1.54) is 6.20 Å². The van der Waals surface area contributed by atoms with E-state index in [-0.39, 0.29) is 12.3 Å². The zero-order valence-electron chi connectivity index (χ0n) is 18.9. The molecule has 0 unspecified atom stereocenters. The van der Waals surface area contributed by atoms with Crippen molar-refractivity contribution in [1.29, 1.82) is 0 Å². The van der Waals surface area contributed by atoms with Crippen LogP contribution in [0, 0.1) is 0 Å². The molecule has 4 rings (SSSR count). The number of pyridine rings is 2. The van der Waals surface area contributed by atoms with Crippen LogP contribution < -0.4 is 10.1 Å². The summed E-state index contributed by atoms with van der Waals surface area (Å²) in [6.07, 6.45) is 4.52. The normalized spacial score (nSPS) is 13.2. The van der Waals surface area contributed by atoms with Gasteiger partial charge in [-0.05, 0) is 48.4 Å². The summed E-state index contributed by atoms with van der Waals surface area (Å²) >= 11 is 0. The summed E-state index contributed by atoms with van der Waals surface area (Å²) in [6.45, 7) is 1.58. The minimum atomic E-state index is -0.900. The highest BCUT2D eigenvalue weighted by Gasteiger charge is 2.22. The molecule has 1 aliphatic heterocycles. The van der Waals surface area contributed by atoms with Crippen molar-refractivity contribution in [3.8, 4) is 11.5 Å². The van der Waals surface area contributed by atoms with Crippen LogP contribution in [0.5, 0.6) is 11.5 Å². The van der Waals surface area contributed by atoms with E-state index in [2.05, 4.69) is 15.3 Å². The number of amides is 1. The molecule has 3 aromatic rings. The van der Waals surface area contributed by atoms with Gasteiger partial charge in [-0.25, -0.2) is 4.98 Å². The summed E-state index contributed by atoms with van der Waals surface area (Å²) < 4.78 is 11.2. The van der Waals surface area contributed by atoms with Crippen LogP contribution in [0.3, 0.4) is 0 Å². The van der Waals surface area contributed by atoms with Crippen LogP contribution in [-0.4, -0.2) is 45.5 Å². The molecular weight excluding hydrogens is 436 g/mol. The SMILES string of the molecule is COCc1ccc(Oc2ccc(Nc3ccc(CC(=O)O)cn3)cc2CN2CCCC2=O)cn1. The van der Waals surface area contributed by atoms with Crippen molar-refractivity contribution >= 4 is 23.4 Å². The van der Waals surface area contributed by atoms with Crippen LogP contribution in [0.1, 0.15) is 29.7 Å². The van der Waals surface area contributed by atoms with Gasteiger partial charge in [-0.2, -0.15) is 0 Å². The maximum Gasteiger partial charge on any atom is 0.307 e. The molecule has 0 saturated carbocycles. The zero-order chi connectivity index (χ0) is 23.9. The Morgan fingerprint density at radius 1 is 1.15 bits per heavy atom. The van der Waals surface area contributed by atoms with Gasteiger partial charge in [0.15, 0.2) is 0 Å². The van der Waals surface area contributed by atoms with Gasteiger partial charge < -0.3 is 24.8 Å². The second kappa shape index (κ2) is 10.8. The van der Waals surface area contributed by atoms with Gasteiger partial charge in [0, 0.05) is 44.1 Å². The number of carbonyl (C=O) groups is 2. The molecule has 2 aromatic heterocycles. The molecule has 9 heteroatoms. The summed E-state index contributed by atoms with van der Waals surface area (Å²) in [6, 6.07) is 12.8. The first-order chi connectivity index (χ1) is 16.5. The fourth-order valence-electron chi connectivity index (χ4n) is 3.71. The Balaban J connectivity index is 1.54. The number of hydrogen-bond donors (Lipinski definition) is 2. The Morgan fingerprint density at radius 2 is 2.03 bits per heavy atom. The minimum Gasteiger partial charge on any atom is -0.481 e. The molecule has 176 valence electrons. The fourth-order valence-corrected chi connectivity index (χ4v) is 3.71. The molecule has 0 aliphatic carbocycles. The van der Waals surface area contributed by atoms with Crippen LogP contribution in [-0.2, 0) is 33.9 Å². The number of anilines is 2. The van der Waals surface area contributed by atoms with E-state index >= 15 is 0 Å². The van der Waals surface area contributed by atoms with E-state index in [9.17, 15) is 9.59 Å². The molecule has 0 spiro atoms. The third-order valence-electron chi connectivity index (χ3n) is 5.36. The van der Waals surface area contributed by atoms with Crippen molar-refractivity contribution < 1.29 is 24.2 Å². The van der Waals surface area contributed by atoms with E-state index in [0.717, 1.165) is 29.9 Å². The number of carboxylic acid groups (broad SMARTS) is 1. The van der Waals surface area contributed by atoms with Crippen LogP contribution in [0.4, 0.5) is 11.5 Å².